The van der Waals surface area contributed by atoms with E-state index in [-0.39, 0.29) is 11.5 Å². The lowest BCUT2D eigenvalue weighted by Crippen LogP contribution is -2.35. The maximum atomic E-state index is 9.74. The van der Waals surface area contributed by atoms with Crippen molar-refractivity contribution in [3.05, 3.63) is 47.5 Å². The molecular formula is C26H42O6Si2. The first-order valence-electron chi connectivity index (χ1n) is 12.0. The number of aromatic hydroxyl groups is 2. The third-order valence-corrected chi connectivity index (χ3v) is 11.1. The van der Waals surface area contributed by atoms with Crippen LogP contribution in [-0.2, 0) is 21.7 Å². The van der Waals surface area contributed by atoms with Crippen LogP contribution in [0.3, 0.4) is 0 Å². The number of hydrogen-bond acceptors (Lipinski definition) is 6. The maximum Gasteiger partial charge on any atom is 0.186 e. The van der Waals surface area contributed by atoms with E-state index in [1.54, 1.807) is 26.4 Å². The molecule has 0 fully saturated rings. The van der Waals surface area contributed by atoms with Gasteiger partial charge in [0, 0.05) is 0 Å². The van der Waals surface area contributed by atoms with Gasteiger partial charge in [0.05, 0.1) is 27.4 Å². The Kier molecular flexibility index (Phi) is 10.9. The van der Waals surface area contributed by atoms with Crippen LogP contribution in [0.5, 0.6) is 23.0 Å². The first-order valence-corrected chi connectivity index (χ1v) is 18.3. The third kappa shape index (κ3) is 9.70. The van der Waals surface area contributed by atoms with Crippen LogP contribution < -0.4 is 9.47 Å². The lowest BCUT2D eigenvalue weighted by Gasteiger charge is -2.26. The van der Waals surface area contributed by atoms with Gasteiger partial charge in [-0.15, -0.1) is 0 Å². The topological polar surface area (TPSA) is 77.4 Å². The molecule has 0 aliphatic rings. The van der Waals surface area contributed by atoms with Crippen LogP contribution in [0.4, 0.5) is 0 Å². The molecule has 0 aliphatic heterocycles. The standard InChI is InChI=1S/C26H42O6Si2/c1-29-25-19-21(11-13-23(25)27)9-7-17-33(3,4)31-15-16-32-34(5,6)18-8-10-22-12-14-24(28)26(20-22)30-2/h11-14,19-20,27-28H,7-10,15-18H2,1-6H3. The summed E-state index contributed by atoms with van der Waals surface area (Å²) >= 11 is 0. The highest BCUT2D eigenvalue weighted by Crippen LogP contribution is 2.28. The highest BCUT2D eigenvalue weighted by molar-refractivity contribution is 6.71. The minimum atomic E-state index is -1.75. The van der Waals surface area contributed by atoms with Gasteiger partial charge in [0.15, 0.2) is 39.6 Å². The van der Waals surface area contributed by atoms with E-state index in [0.29, 0.717) is 24.7 Å². The van der Waals surface area contributed by atoms with E-state index in [1.165, 1.54) is 11.1 Å². The zero-order valence-corrected chi connectivity index (χ0v) is 23.6. The van der Waals surface area contributed by atoms with E-state index in [1.807, 2.05) is 24.3 Å². The Morgan fingerprint density at radius 2 is 1.03 bits per heavy atom. The Morgan fingerprint density at radius 1 is 0.647 bits per heavy atom. The first-order chi connectivity index (χ1) is 16.0. The monoisotopic (exact) mass is 506 g/mol. The third-order valence-electron chi connectivity index (χ3n) is 6.05. The summed E-state index contributed by atoms with van der Waals surface area (Å²) in [7, 11) is -0.351. The SMILES string of the molecule is COc1cc(CCC[Si](C)(C)OCCO[Si](C)(C)CCCc2ccc(O)c(OC)c2)ccc1O. The second kappa shape index (κ2) is 13.2. The van der Waals surface area contributed by atoms with E-state index in [9.17, 15) is 10.2 Å². The smallest absolute Gasteiger partial charge is 0.186 e. The van der Waals surface area contributed by atoms with Crippen LogP contribution in [0.2, 0.25) is 38.3 Å². The van der Waals surface area contributed by atoms with Crippen LogP contribution in [0.25, 0.3) is 0 Å². The van der Waals surface area contributed by atoms with Gasteiger partial charge in [-0.3, -0.25) is 0 Å². The second-order valence-corrected chi connectivity index (χ2v) is 18.6. The molecule has 2 aromatic carbocycles. The molecule has 2 N–H and O–H groups in total. The quantitative estimate of drug-likeness (QED) is 0.224. The highest BCUT2D eigenvalue weighted by Gasteiger charge is 2.24. The lowest BCUT2D eigenvalue weighted by molar-refractivity contribution is 0.204. The molecule has 0 aliphatic carbocycles. The van der Waals surface area contributed by atoms with Crippen molar-refractivity contribution in [3.8, 4) is 23.0 Å². The molecule has 190 valence electrons. The number of rotatable bonds is 15. The second-order valence-electron chi connectivity index (χ2n) is 9.94. The van der Waals surface area contributed by atoms with Crippen molar-refractivity contribution in [1.29, 1.82) is 0 Å². The molecule has 0 saturated carbocycles. The summed E-state index contributed by atoms with van der Waals surface area (Å²) in [5, 5.41) is 19.5. The summed E-state index contributed by atoms with van der Waals surface area (Å²) < 4.78 is 22.9. The van der Waals surface area contributed by atoms with Crippen molar-refractivity contribution in [2.75, 3.05) is 27.4 Å². The summed E-state index contributed by atoms with van der Waals surface area (Å²) in [4.78, 5) is 0. The van der Waals surface area contributed by atoms with Gasteiger partial charge in [-0.25, -0.2) is 0 Å². The molecule has 0 aromatic heterocycles. The van der Waals surface area contributed by atoms with Crippen molar-refractivity contribution in [1.82, 2.24) is 0 Å². The minimum absolute atomic E-state index is 0.177. The molecule has 0 unspecified atom stereocenters. The summed E-state index contributed by atoms with van der Waals surface area (Å²) in [6.45, 7) is 10.4. The Hall–Kier alpha value is -2.01. The van der Waals surface area contributed by atoms with E-state index in [4.69, 9.17) is 18.3 Å². The van der Waals surface area contributed by atoms with E-state index in [0.717, 1.165) is 37.8 Å². The Balaban J connectivity index is 1.65. The minimum Gasteiger partial charge on any atom is -0.504 e. The number of phenols is 2. The van der Waals surface area contributed by atoms with Gasteiger partial charge in [-0.1, -0.05) is 12.1 Å². The number of ether oxygens (including phenoxy) is 2. The van der Waals surface area contributed by atoms with Gasteiger partial charge in [0.25, 0.3) is 0 Å². The van der Waals surface area contributed by atoms with E-state index in [2.05, 4.69) is 26.2 Å². The van der Waals surface area contributed by atoms with Crippen molar-refractivity contribution < 1.29 is 28.5 Å². The predicted molar refractivity (Wildman–Crippen MR) is 142 cm³/mol. The van der Waals surface area contributed by atoms with Gasteiger partial charge in [-0.05, 0) is 99.4 Å². The molecule has 0 heterocycles. The first kappa shape index (κ1) is 28.2. The van der Waals surface area contributed by atoms with Crippen LogP contribution in [0.1, 0.15) is 24.0 Å². The molecule has 0 saturated heterocycles. The molecule has 34 heavy (non-hydrogen) atoms. The molecular weight excluding hydrogens is 464 g/mol. The number of methoxy groups -OCH3 is 2. The largest absolute Gasteiger partial charge is 0.504 e. The Morgan fingerprint density at radius 3 is 1.38 bits per heavy atom. The van der Waals surface area contributed by atoms with E-state index < -0.39 is 16.6 Å². The zero-order valence-electron chi connectivity index (χ0n) is 21.6. The lowest BCUT2D eigenvalue weighted by atomic mass is 10.1. The van der Waals surface area contributed by atoms with Crippen molar-refractivity contribution in [2.24, 2.45) is 0 Å². The normalized spacial score (nSPS) is 12.1. The van der Waals surface area contributed by atoms with Crippen molar-refractivity contribution in [3.63, 3.8) is 0 Å². The predicted octanol–water partition coefficient (Wildman–Crippen LogP) is 6.12. The summed E-state index contributed by atoms with van der Waals surface area (Å²) in [6, 6.07) is 13.3. The van der Waals surface area contributed by atoms with Crippen molar-refractivity contribution in [2.45, 2.75) is 64.0 Å². The Bertz CT molecular complexity index is 827. The zero-order chi connectivity index (χ0) is 25.2. The van der Waals surface area contributed by atoms with Gasteiger partial charge in [0.1, 0.15) is 0 Å². The number of benzene rings is 2. The molecule has 0 bridgehead atoms. The molecule has 8 heteroatoms. The molecule has 0 atom stereocenters. The molecule has 2 rings (SSSR count). The molecule has 0 spiro atoms. The van der Waals surface area contributed by atoms with Gasteiger partial charge >= 0.3 is 0 Å². The number of phenolic OH excluding ortho intramolecular Hbond substituents is 2. The summed E-state index contributed by atoms with van der Waals surface area (Å²) in [5.74, 6) is 1.40. The number of aryl methyl sites for hydroxylation is 2. The summed E-state index contributed by atoms with van der Waals surface area (Å²) in [6.07, 6.45) is 3.99. The van der Waals surface area contributed by atoms with Crippen LogP contribution in [0.15, 0.2) is 36.4 Å². The molecule has 6 nitrogen and oxygen atoms in total. The average Bonchev–Trinajstić information content (AvgIpc) is 2.79. The van der Waals surface area contributed by atoms with E-state index >= 15 is 0 Å². The fourth-order valence-electron chi connectivity index (χ4n) is 3.97. The molecule has 0 amide bonds. The van der Waals surface area contributed by atoms with Crippen LogP contribution >= 0.6 is 0 Å². The van der Waals surface area contributed by atoms with Crippen molar-refractivity contribution >= 4 is 16.6 Å². The van der Waals surface area contributed by atoms with Gasteiger partial charge in [0.2, 0.25) is 0 Å². The fourth-order valence-corrected chi connectivity index (χ4v) is 7.59. The van der Waals surface area contributed by atoms with Gasteiger partial charge < -0.3 is 28.5 Å². The molecule has 2 aromatic rings. The summed E-state index contributed by atoms with van der Waals surface area (Å²) in [5.41, 5.74) is 2.34. The average molecular weight is 507 g/mol. The fraction of sp³-hybridized carbons (Fsp3) is 0.538. The van der Waals surface area contributed by atoms with Crippen LogP contribution in [0, 0.1) is 0 Å². The highest BCUT2D eigenvalue weighted by atomic mass is 28.4. The Labute approximate surface area is 207 Å². The van der Waals surface area contributed by atoms with Crippen LogP contribution in [-0.4, -0.2) is 54.3 Å². The maximum absolute atomic E-state index is 9.74. The van der Waals surface area contributed by atoms with Gasteiger partial charge in [-0.2, -0.15) is 0 Å². The number of hydrogen-bond donors (Lipinski definition) is 2. The molecule has 0 radical (unpaired) electrons.